The van der Waals surface area contributed by atoms with Gasteiger partial charge in [-0.15, -0.1) is 0 Å². The second kappa shape index (κ2) is 5.80. The average molecular weight is 270 g/mol. The Balaban J connectivity index is 1.72. The van der Waals surface area contributed by atoms with E-state index in [0.717, 1.165) is 37.3 Å². The topological polar surface area (TPSA) is 32.3 Å². The van der Waals surface area contributed by atoms with E-state index in [1.54, 1.807) is 0 Å². The summed E-state index contributed by atoms with van der Waals surface area (Å²) >= 11 is 0. The summed E-state index contributed by atoms with van der Waals surface area (Å²) in [5.74, 6) is 0.845. The number of carbonyl (C=O) groups excluding carboxylic acids is 1. The van der Waals surface area contributed by atoms with Crippen molar-refractivity contribution in [1.29, 1.82) is 0 Å². The van der Waals surface area contributed by atoms with Crippen LogP contribution in [0.25, 0.3) is 0 Å². The molecule has 0 unspecified atom stereocenters. The SMILES string of the molecule is C=C1CCN(c2ccc(C3CCNCC3)cc2)C(=O)C1. The van der Waals surface area contributed by atoms with Crippen molar-refractivity contribution in [2.75, 3.05) is 24.5 Å². The molecule has 0 saturated carbocycles. The van der Waals surface area contributed by atoms with Gasteiger partial charge in [0.1, 0.15) is 0 Å². The first-order valence-corrected chi connectivity index (χ1v) is 7.52. The number of anilines is 1. The predicted molar refractivity (Wildman–Crippen MR) is 82.0 cm³/mol. The number of carbonyl (C=O) groups is 1. The van der Waals surface area contributed by atoms with Gasteiger partial charge in [0, 0.05) is 18.7 Å². The molecule has 1 aromatic rings. The molecule has 0 aromatic heterocycles. The van der Waals surface area contributed by atoms with Crippen LogP contribution < -0.4 is 10.2 Å². The smallest absolute Gasteiger partial charge is 0.231 e. The molecule has 3 nitrogen and oxygen atoms in total. The van der Waals surface area contributed by atoms with Crippen LogP contribution in [0, 0.1) is 0 Å². The molecule has 2 saturated heterocycles. The molecule has 20 heavy (non-hydrogen) atoms. The summed E-state index contributed by atoms with van der Waals surface area (Å²) < 4.78 is 0. The van der Waals surface area contributed by atoms with E-state index in [9.17, 15) is 4.79 Å². The van der Waals surface area contributed by atoms with Gasteiger partial charge in [0.05, 0.1) is 0 Å². The maximum Gasteiger partial charge on any atom is 0.231 e. The molecule has 1 aromatic carbocycles. The fourth-order valence-electron chi connectivity index (χ4n) is 3.15. The molecule has 0 spiro atoms. The zero-order chi connectivity index (χ0) is 13.9. The largest absolute Gasteiger partial charge is 0.317 e. The van der Waals surface area contributed by atoms with E-state index < -0.39 is 0 Å². The first kappa shape index (κ1) is 13.4. The number of benzene rings is 1. The van der Waals surface area contributed by atoms with Crippen LogP contribution >= 0.6 is 0 Å². The molecule has 2 aliphatic rings. The van der Waals surface area contributed by atoms with Crippen LogP contribution in [0.1, 0.15) is 37.2 Å². The first-order valence-electron chi connectivity index (χ1n) is 7.52. The first-order chi connectivity index (χ1) is 9.74. The number of nitrogens with zero attached hydrogens (tertiary/aromatic N) is 1. The highest BCUT2D eigenvalue weighted by molar-refractivity contribution is 5.95. The number of piperidine rings is 2. The summed E-state index contributed by atoms with van der Waals surface area (Å²) in [5.41, 5.74) is 3.49. The Labute approximate surface area is 120 Å². The maximum atomic E-state index is 12.0. The Hall–Kier alpha value is -1.61. The number of hydrogen-bond acceptors (Lipinski definition) is 2. The lowest BCUT2D eigenvalue weighted by Crippen LogP contribution is -2.35. The molecule has 1 amide bonds. The standard InChI is InChI=1S/C17H22N2O/c1-13-8-11-19(17(20)12-13)16-4-2-14(3-5-16)15-6-9-18-10-7-15/h2-5,15,18H,1,6-12H2. The van der Waals surface area contributed by atoms with Crippen LogP contribution in [0.4, 0.5) is 5.69 Å². The van der Waals surface area contributed by atoms with Crippen LogP contribution in [-0.4, -0.2) is 25.5 Å². The molecule has 0 atom stereocenters. The van der Waals surface area contributed by atoms with Crippen LogP contribution in [-0.2, 0) is 4.79 Å². The van der Waals surface area contributed by atoms with Crippen molar-refractivity contribution in [3.8, 4) is 0 Å². The van der Waals surface area contributed by atoms with Crippen molar-refractivity contribution >= 4 is 11.6 Å². The molecule has 3 heteroatoms. The fourth-order valence-corrected chi connectivity index (χ4v) is 3.15. The van der Waals surface area contributed by atoms with Crippen LogP contribution in [0.2, 0.25) is 0 Å². The number of nitrogens with one attached hydrogen (secondary N) is 1. The third kappa shape index (κ3) is 2.78. The summed E-state index contributed by atoms with van der Waals surface area (Å²) in [4.78, 5) is 13.9. The van der Waals surface area contributed by atoms with E-state index >= 15 is 0 Å². The Bertz CT molecular complexity index is 500. The minimum Gasteiger partial charge on any atom is -0.317 e. The van der Waals surface area contributed by atoms with Crippen molar-refractivity contribution in [1.82, 2.24) is 5.32 Å². The van der Waals surface area contributed by atoms with E-state index in [-0.39, 0.29) is 5.91 Å². The zero-order valence-electron chi connectivity index (χ0n) is 11.9. The Kier molecular flexibility index (Phi) is 3.88. The summed E-state index contributed by atoms with van der Waals surface area (Å²) in [7, 11) is 0. The van der Waals surface area contributed by atoms with Gasteiger partial charge in [0.2, 0.25) is 5.91 Å². The van der Waals surface area contributed by atoms with Gasteiger partial charge in [-0.2, -0.15) is 0 Å². The lowest BCUT2D eigenvalue weighted by molar-refractivity contribution is -0.118. The molecule has 0 bridgehead atoms. The predicted octanol–water partition coefficient (Wildman–Crippen LogP) is 2.84. The normalized spacial score (nSPS) is 21.3. The summed E-state index contributed by atoms with van der Waals surface area (Å²) in [5, 5.41) is 3.40. The molecule has 1 N–H and O–H groups in total. The quantitative estimate of drug-likeness (QED) is 0.838. The fraction of sp³-hybridized carbons (Fsp3) is 0.471. The van der Waals surface area contributed by atoms with Gasteiger partial charge in [0.25, 0.3) is 0 Å². The average Bonchev–Trinajstić information content (AvgIpc) is 2.48. The maximum absolute atomic E-state index is 12.0. The Morgan fingerprint density at radius 2 is 1.85 bits per heavy atom. The van der Waals surface area contributed by atoms with Crippen molar-refractivity contribution < 1.29 is 4.79 Å². The number of rotatable bonds is 2. The second-order valence-electron chi connectivity index (χ2n) is 5.84. The number of amides is 1. The highest BCUT2D eigenvalue weighted by Crippen LogP contribution is 2.28. The summed E-state index contributed by atoms with van der Waals surface area (Å²) in [6.45, 7) is 6.90. The third-order valence-electron chi connectivity index (χ3n) is 4.41. The van der Waals surface area contributed by atoms with Crippen molar-refractivity contribution in [3.63, 3.8) is 0 Å². The Morgan fingerprint density at radius 1 is 1.15 bits per heavy atom. The van der Waals surface area contributed by atoms with Crippen molar-refractivity contribution in [2.45, 2.75) is 31.6 Å². The minimum absolute atomic E-state index is 0.177. The van der Waals surface area contributed by atoms with Gasteiger partial charge in [0.15, 0.2) is 0 Å². The van der Waals surface area contributed by atoms with Gasteiger partial charge in [-0.05, 0) is 56.0 Å². The van der Waals surface area contributed by atoms with E-state index in [2.05, 4.69) is 36.2 Å². The van der Waals surface area contributed by atoms with Crippen molar-refractivity contribution in [2.24, 2.45) is 0 Å². The minimum atomic E-state index is 0.177. The Morgan fingerprint density at radius 3 is 2.50 bits per heavy atom. The van der Waals surface area contributed by atoms with Gasteiger partial charge in [-0.1, -0.05) is 24.3 Å². The van der Waals surface area contributed by atoms with Gasteiger partial charge < -0.3 is 10.2 Å². The van der Waals surface area contributed by atoms with E-state index in [4.69, 9.17) is 0 Å². The van der Waals surface area contributed by atoms with E-state index in [1.165, 1.54) is 18.4 Å². The van der Waals surface area contributed by atoms with Crippen LogP contribution in [0.3, 0.4) is 0 Å². The van der Waals surface area contributed by atoms with Gasteiger partial charge >= 0.3 is 0 Å². The lowest BCUT2D eigenvalue weighted by Gasteiger charge is -2.29. The molecular weight excluding hydrogens is 248 g/mol. The molecule has 3 rings (SSSR count). The molecule has 2 fully saturated rings. The second-order valence-corrected chi connectivity index (χ2v) is 5.84. The third-order valence-corrected chi connectivity index (χ3v) is 4.41. The molecule has 2 aliphatic heterocycles. The number of hydrogen-bond donors (Lipinski definition) is 1. The molecule has 2 heterocycles. The molecular formula is C17H22N2O. The van der Waals surface area contributed by atoms with Crippen LogP contribution in [0.15, 0.2) is 36.4 Å². The molecule has 0 radical (unpaired) electrons. The summed E-state index contributed by atoms with van der Waals surface area (Å²) in [6, 6.07) is 8.59. The molecule has 106 valence electrons. The van der Waals surface area contributed by atoms with Gasteiger partial charge in [-0.25, -0.2) is 0 Å². The summed E-state index contributed by atoms with van der Waals surface area (Å²) in [6.07, 6.45) is 3.83. The van der Waals surface area contributed by atoms with E-state index in [0.29, 0.717) is 12.3 Å². The monoisotopic (exact) mass is 270 g/mol. The van der Waals surface area contributed by atoms with Gasteiger partial charge in [-0.3, -0.25) is 4.79 Å². The zero-order valence-corrected chi connectivity index (χ0v) is 11.9. The van der Waals surface area contributed by atoms with Crippen LogP contribution in [0.5, 0.6) is 0 Å². The highest BCUT2D eigenvalue weighted by atomic mass is 16.2. The molecule has 0 aliphatic carbocycles. The van der Waals surface area contributed by atoms with E-state index in [1.807, 2.05) is 4.90 Å². The van der Waals surface area contributed by atoms with Crippen molar-refractivity contribution in [3.05, 3.63) is 42.0 Å². The lowest BCUT2D eigenvalue weighted by atomic mass is 9.90. The highest BCUT2D eigenvalue weighted by Gasteiger charge is 2.22.